The maximum absolute atomic E-state index is 12.5. The standard InChI is InChI=1S/C16H17F3N4O2/c1-15(2,24)8-23-11(7-25-16(17,18)19)22-12-13(23)9-5-3-4-6-10(9)21-14(12)20/h3-6,24H,7-8H2,1-2H3,(H2,20,21). The Kier molecular flexibility index (Phi) is 4.08. The number of pyridine rings is 1. The van der Waals surface area contributed by atoms with Crippen LogP contribution in [-0.2, 0) is 17.9 Å². The molecule has 3 rings (SSSR count). The minimum Gasteiger partial charge on any atom is -0.389 e. The lowest BCUT2D eigenvalue weighted by molar-refractivity contribution is -0.331. The van der Waals surface area contributed by atoms with Gasteiger partial charge >= 0.3 is 6.36 Å². The lowest BCUT2D eigenvalue weighted by Crippen LogP contribution is -2.27. The van der Waals surface area contributed by atoms with E-state index in [-0.39, 0.29) is 23.7 Å². The molecule has 1 aromatic carbocycles. The quantitative estimate of drug-likeness (QED) is 0.752. The third-order valence-electron chi connectivity index (χ3n) is 3.60. The number of nitrogens with two attached hydrogens (primary N) is 1. The summed E-state index contributed by atoms with van der Waals surface area (Å²) in [5, 5.41) is 10.9. The van der Waals surface area contributed by atoms with E-state index >= 15 is 0 Å². The van der Waals surface area contributed by atoms with Crippen LogP contribution in [0.2, 0.25) is 0 Å². The first-order valence-electron chi connectivity index (χ1n) is 7.51. The van der Waals surface area contributed by atoms with Crippen LogP contribution in [0.15, 0.2) is 24.3 Å². The molecular formula is C16H17F3N4O2. The monoisotopic (exact) mass is 354 g/mol. The number of alkyl halides is 3. The average molecular weight is 354 g/mol. The van der Waals surface area contributed by atoms with Crippen molar-refractivity contribution in [1.29, 1.82) is 0 Å². The number of aliphatic hydroxyl groups is 1. The smallest absolute Gasteiger partial charge is 0.389 e. The van der Waals surface area contributed by atoms with Gasteiger partial charge in [0.05, 0.1) is 23.2 Å². The molecule has 25 heavy (non-hydrogen) atoms. The summed E-state index contributed by atoms with van der Waals surface area (Å²) in [6.45, 7) is 2.34. The fraction of sp³-hybridized carbons (Fsp3) is 0.375. The Bertz CT molecular complexity index is 929. The number of imidazole rings is 1. The van der Waals surface area contributed by atoms with Crippen LogP contribution < -0.4 is 5.73 Å². The van der Waals surface area contributed by atoms with Gasteiger partial charge in [-0.25, -0.2) is 9.97 Å². The molecule has 2 heterocycles. The van der Waals surface area contributed by atoms with Crippen molar-refractivity contribution in [2.24, 2.45) is 0 Å². The van der Waals surface area contributed by atoms with Crippen LogP contribution in [0.5, 0.6) is 0 Å². The molecule has 2 aromatic heterocycles. The van der Waals surface area contributed by atoms with E-state index in [0.717, 1.165) is 0 Å². The van der Waals surface area contributed by atoms with Crippen molar-refractivity contribution in [2.75, 3.05) is 5.73 Å². The Morgan fingerprint density at radius 2 is 1.88 bits per heavy atom. The predicted molar refractivity (Wildman–Crippen MR) is 86.6 cm³/mol. The zero-order valence-corrected chi connectivity index (χ0v) is 13.6. The number of rotatable bonds is 4. The van der Waals surface area contributed by atoms with E-state index in [9.17, 15) is 18.3 Å². The number of hydrogen-bond acceptors (Lipinski definition) is 5. The number of aromatic nitrogens is 3. The highest BCUT2D eigenvalue weighted by molar-refractivity contribution is 6.06. The first-order chi connectivity index (χ1) is 11.6. The number of benzene rings is 1. The van der Waals surface area contributed by atoms with Crippen molar-refractivity contribution in [3.05, 3.63) is 30.1 Å². The van der Waals surface area contributed by atoms with Gasteiger partial charge in [0, 0.05) is 5.39 Å². The number of para-hydroxylation sites is 1. The van der Waals surface area contributed by atoms with Crippen molar-refractivity contribution in [3.63, 3.8) is 0 Å². The zero-order chi connectivity index (χ0) is 18.4. The van der Waals surface area contributed by atoms with Gasteiger partial charge in [0.15, 0.2) is 5.82 Å². The van der Waals surface area contributed by atoms with Gasteiger partial charge in [0.2, 0.25) is 0 Å². The Balaban J connectivity index is 2.26. The molecule has 9 heteroatoms. The third kappa shape index (κ3) is 3.67. The van der Waals surface area contributed by atoms with Gasteiger partial charge in [-0.1, -0.05) is 18.2 Å². The molecule has 0 unspecified atom stereocenters. The lowest BCUT2D eigenvalue weighted by Gasteiger charge is -2.21. The molecule has 0 aliphatic rings. The summed E-state index contributed by atoms with van der Waals surface area (Å²) < 4.78 is 42.8. The van der Waals surface area contributed by atoms with E-state index < -0.39 is 18.6 Å². The lowest BCUT2D eigenvalue weighted by atomic mass is 10.1. The molecule has 0 bridgehead atoms. The van der Waals surface area contributed by atoms with Gasteiger partial charge in [0.25, 0.3) is 0 Å². The zero-order valence-electron chi connectivity index (χ0n) is 13.6. The van der Waals surface area contributed by atoms with Crippen LogP contribution >= 0.6 is 0 Å². The highest BCUT2D eigenvalue weighted by Crippen LogP contribution is 2.30. The SMILES string of the molecule is CC(C)(O)Cn1c(COC(F)(F)F)nc2c(N)nc3ccccc3c21. The molecule has 0 radical (unpaired) electrons. The minimum absolute atomic E-state index is 0.0132. The van der Waals surface area contributed by atoms with Crippen molar-refractivity contribution in [3.8, 4) is 0 Å². The number of ether oxygens (including phenoxy) is 1. The number of nitrogens with zero attached hydrogens (tertiary/aromatic N) is 3. The fourth-order valence-corrected chi connectivity index (χ4v) is 2.72. The molecule has 0 saturated heterocycles. The van der Waals surface area contributed by atoms with Gasteiger partial charge in [0.1, 0.15) is 17.9 Å². The Labute approximate surface area is 141 Å². The molecule has 0 amide bonds. The Morgan fingerprint density at radius 1 is 1.20 bits per heavy atom. The second-order valence-corrected chi connectivity index (χ2v) is 6.37. The number of nitrogen functional groups attached to an aromatic ring is 1. The van der Waals surface area contributed by atoms with Crippen molar-refractivity contribution in [2.45, 2.75) is 39.0 Å². The van der Waals surface area contributed by atoms with Gasteiger partial charge in [-0.3, -0.25) is 4.74 Å². The molecule has 0 atom stereocenters. The first kappa shape index (κ1) is 17.4. The summed E-state index contributed by atoms with van der Waals surface area (Å²) in [5.74, 6) is 0.121. The molecule has 134 valence electrons. The second-order valence-electron chi connectivity index (χ2n) is 6.37. The van der Waals surface area contributed by atoms with E-state index in [0.29, 0.717) is 16.4 Å². The van der Waals surface area contributed by atoms with Crippen LogP contribution in [0.4, 0.5) is 19.0 Å². The number of anilines is 1. The molecule has 6 nitrogen and oxygen atoms in total. The average Bonchev–Trinajstić information content (AvgIpc) is 2.82. The molecular weight excluding hydrogens is 337 g/mol. The predicted octanol–water partition coefficient (Wildman–Crippen LogP) is 2.97. The molecule has 3 aromatic rings. The topological polar surface area (TPSA) is 86.2 Å². The summed E-state index contributed by atoms with van der Waals surface area (Å²) in [6, 6.07) is 7.09. The molecule has 0 aliphatic heterocycles. The molecule has 3 N–H and O–H groups in total. The van der Waals surface area contributed by atoms with Gasteiger partial charge in [-0.2, -0.15) is 0 Å². The van der Waals surface area contributed by atoms with Gasteiger partial charge < -0.3 is 15.4 Å². The van der Waals surface area contributed by atoms with E-state index in [4.69, 9.17) is 5.73 Å². The summed E-state index contributed by atoms with van der Waals surface area (Å²) in [4.78, 5) is 8.43. The van der Waals surface area contributed by atoms with Crippen LogP contribution in [0.1, 0.15) is 19.7 Å². The molecule has 0 fully saturated rings. The number of halogens is 3. The number of hydrogen-bond donors (Lipinski definition) is 2. The first-order valence-corrected chi connectivity index (χ1v) is 7.51. The Hall–Kier alpha value is -2.39. The van der Waals surface area contributed by atoms with E-state index in [1.54, 1.807) is 38.1 Å². The van der Waals surface area contributed by atoms with Crippen LogP contribution in [0, 0.1) is 0 Å². The summed E-state index contributed by atoms with van der Waals surface area (Å²) in [5.41, 5.74) is 6.15. The number of fused-ring (bicyclic) bond motifs is 3. The summed E-state index contributed by atoms with van der Waals surface area (Å²) in [6.07, 6.45) is -4.79. The van der Waals surface area contributed by atoms with Crippen LogP contribution in [0.3, 0.4) is 0 Å². The van der Waals surface area contributed by atoms with Gasteiger partial charge in [-0.15, -0.1) is 13.2 Å². The molecule has 0 spiro atoms. The van der Waals surface area contributed by atoms with E-state index in [1.807, 2.05) is 0 Å². The highest BCUT2D eigenvalue weighted by Gasteiger charge is 2.31. The normalized spacial score (nSPS) is 13.0. The van der Waals surface area contributed by atoms with Gasteiger partial charge in [-0.05, 0) is 19.9 Å². The maximum atomic E-state index is 12.5. The van der Waals surface area contributed by atoms with Crippen LogP contribution in [-0.4, -0.2) is 31.6 Å². The molecule has 0 aliphatic carbocycles. The second kappa shape index (κ2) is 5.85. The third-order valence-corrected chi connectivity index (χ3v) is 3.60. The Morgan fingerprint density at radius 3 is 2.52 bits per heavy atom. The van der Waals surface area contributed by atoms with E-state index in [2.05, 4.69) is 14.7 Å². The van der Waals surface area contributed by atoms with Crippen molar-refractivity contribution in [1.82, 2.24) is 14.5 Å². The molecule has 0 saturated carbocycles. The fourth-order valence-electron chi connectivity index (χ4n) is 2.72. The highest BCUT2D eigenvalue weighted by atomic mass is 19.4. The largest absolute Gasteiger partial charge is 0.522 e. The maximum Gasteiger partial charge on any atom is 0.522 e. The van der Waals surface area contributed by atoms with Crippen molar-refractivity contribution >= 4 is 27.8 Å². The van der Waals surface area contributed by atoms with Crippen LogP contribution in [0.25, 0.3) is 21.9 Å². The summed E-state index contributed by atoms with van der Waals surface area (Å²) in [7, 11) is 0. The van der Waals surface area contributed by atoms with Crippen molar-refractivity contribution < 1.29 is 23.0 Å². The minimum atomic E-state index is -4.79. The van der Waals surface area contributed by atoms with E-state index in [1.165, 1.54) is 4.57 Å². The summed E-state index contributed by atoms with van der Waals surface area (Å²) >= 11 is 0.